The molecular weight excluding hydrogens is 238 g/mol. The van der Waals surface area contributed by atoms with Crippen LogP contribution >= 0.6 is 0 Å². The van der Waals surface area contributed by atoms with Crippen molar-refractivity contribution in [1.82, 2.24) is 10.6 Å². The third kappa shape index (κ3) is 7.41. The molecule has 3 atom stereocenters. The summed E-state index contributed by atoms with van der Waals surface area (Å²) in [6, 6.07) is 0.0497. The number of carbonyl (C=O) groups is 1. The van der Waals surface area contributed by atoms with Gasteiger partial charge in [0.25, 0.3) is 0 Å². The van der Waals surface area contributed by atoms with E-state index < -0.39 is 6.03 Å². The Morgan fingerprint density at radius 2 is 1.74 bits per heavy atom. The molecule has 19 heavy (non-hydrogen) atoms. The number of nitrogens with one attached hydrogen (secondary N) is 2. The van der Waals surface area contributed by atoms with Crippen LogP contribution in [0.1, 0.15) is 59.8 Å². The smallest absolute Gasteiger partial charge is 0.312 e. The quantitative estimate of drug-likeness (QED) is 0.541. The van der Waals surface area contributed by atoms with E-state index in [-0.39, 0.29) is 0 Å². The predicted molar refractivity (Wildman–Crippen MR) is 82.1 cm³/mol. The second-order valence-corrected chi connectivity index (χ2v) is 5.31. The van der Waals surface area contributed by atoms with Gasteiger partial charge in [0.05, 0.1) is 0 Å². The highest BCUT2D eigenvalue weighted by molar-refractivity contribution is 5.71. The lowest BCUT2D eigenvalue weighted by atomic mass is 9.82. The molecule has 0 aliphatic heterocycles. The first-order valence-corrected chi connectivity index (χ1v) is 7.87. The van der Waals surface area contributed by atoms with Crippen LogP contribution in [-0.4, -0.2) is 25.2 Å². The van der Waals surface area contributed by atoms with Crippen LogP contribution in [-0.2, 0) is 0 Å². The fourth-order valence-electron chi connectivity index (χ4n) is 2.81. The highest BCUT2D eigenvalue weighted by atomic mass is 16.2. The van der Waals surface area contributed by atoms with Crippen LogP contribution in [0.15, 0.2) is 0 Å². The third-order valence-corrected chi connectivity index (χ3v) is 3.97. The molecule has 0 saturated heterocycles. The molecule has 4 heteroatoms. The first kappa shape index (κ1) is 18.2. The topological polar surface area (TPSA) is 67.2 Å². The average Bonchev–Trinajstić information content (AvgIpc) is 2.39. The third-order valence-electron chi connectivity index (χ3n) is 3.97. The van der Waals surface area contributed by atoms with Gasteiger partial charge in [-0.1, -0.05) is 53.4 Å². The Morgan fingerprint density at radius 1 is 1.11 bits per heavy atom. The van der Waals surface area contributed by atoms with E-state index in [4.69, 9.17) is 5.73 Å². The van der Waals surface area contributed by atoms with Gasteiger partial charge in [0.1, 0.15) is 0 Å². The Balaban J connectivity index is 4.63. The van der Waals surface area contributed by atoms with Crippen LogP contribution in [0.4, 0.5) is 4.79 Å². The van der Waals surface area contributed by atoms with Crippen LogP contribution in [0.5, 0.6) is 0 Å². The molecule has 0 bridgehead atoms. The van der Waals surface area contributed by atoms with Gasteiger partial charge in [-0.2, -0.15) is 0 Å². The highest BCUT2D eigenvalue weighted by Gasteiger charge is 2.26. The SMILES string of the molecule is CCCCC(CC)C(NCC)C(CC)CNC(N)=O. The van der Waals surface area contributed by atoms with Crippen molar-refractivity contribution in [3.05, 3.63) is 0 Å². The minimum Gasteiger partial charge on any atom is -0.352 e. The van der Waals surface area contributed by atoms with Crippen molar-refractivity contribution < 1.29 is 4.79 Å². The van der Waals surface area contributed by atoms with Gasteiger partial charge in [-0.05, 0) is 24.8 Å². The van der Waals surface area contributed by atoms with Crippen LogP contribution in [0.3, 0.4) is 0 Å². The molecule has 114 valence electrons. The molecule has 4 N–H and O–H groups in total. The number of primary amides is 1. The summed E-state index contributed by atoms with van der Waals surface area (Å²) in [6.07, 6.45) is 6.02. The van der Waals surface area contributed by atoms with Crippen LogP contribution in [0.2, 0.25) is 0 Å². The van der Waals surface area contributed by atoms with Crippen molar-refractivity contribution in [2.45, 2.75) is 65.8 Å². The first-order valence-electron chi connectivity index (χ1n) is 7.87. The summed E-state index contributed by atoms with van der Waals surface area (Å²) in [5.74, 6) is 1.13. The lowest BCUT2D eigenvalue weighted by Crippen LogP contribution is -2.47. The van der Waals surface area contributed by atoms with Crippen molar-refractivity contribution in [3.8, 4) is 0 Å². The lowest BCUT2D eigenvalue weighted by molar-refractivity contribution is 0.220. The van der Waals surface area contributed by atoms with Crippen molar-refractivity contribution >= 4 is 6.03 Å². The van der Waals surface area contributed by atoms with Gasteiger partial charge >= 0.3 is 6.03 Å². The zero-order chi connectivity index (χ0) is 14.7. The summed E-state index contributed by atoms with van der Waals surface area (Å²) >= 11 is 0. The molecule has 0 saturated carbocycles. The molecule has 0 aromatic rings. The molecule has 0 spiro atoms. The summed E-state index contributed by atoms with van der Waals surface area (Å²) in [6.45, 7) is 10.5. The maximum atomic E-state index is 10.9. The van der Waals surface area contributed by atoms with E-state index in [9.17, 15) is 4.79 Å². The van der Waals surface area contributed by atoms with Gasteiger partial charge in [-0.25, -0.2) is 4.79 Å². The Hall–Kier alpha value is -0.770. The second-order valence-electron chi connectivity index (χ2n) is 5.31. The number of hydrogen-bond donors (Lipinski definition) is 3. The molecule has 0 aliphatic carbocycles. The van der Waals surface area contributed by atoms with Gasteiger partial charge in [0.15, 0.2) is 0 Å². The maximum absolute atomic E-state index is 10.9. The summed E-state index contributed by atoms with van der Waals surface area (Å²) in [5, 5.41) is 6.39. The average molecular weight is 271 g/mol. The maximum Gasteiger partial charge on any atom is 0.312 e. The van der Waals surface area contributed by atoms with Gasteiger partial charge < -0.3 is 16.4 Å². The van der Waals surface area contributed by atoms with E-state index in [0.29, 0.717) is 24.4 Å². The highest BCUT2D eigenvalue weighted by Crippen LogP contribution is 2.24. The predicted octanol–water partition coefficient (Wildman–Crippen LogP) is 2.88. The van der Waals surface area contributed by atoms with Crippen LogP contribution in [0.25, 0.3) is 0 Å². The van der Waals surface area contributed by atoms with Gasteiger partial charge in [0.2, 0.25) is 0 Å². The van der Waals surface area contributed by atoms with Crippen molar-refractivity contribution in [2.75, 3.05) is 13.1 Å². The van der Waals surface area contributed by atoms with E-state index in [1.54, 1.807) is 0 Å². The van der Waals surface area contributed by atoms with E-state index in [1.165, 1.54) is 25.7 Å². The second kappa shape index (κ2) is 11.1. The standard InChI is InChI=1S/C15H33N3O/c1-5-9-10-12(6-2)14(17-8-4)13(7-3)11-18-15(16)19/h12-14,17H,5-11H2,1-4H3,(H3,16,18,19). The zero-order valence-corrected chi connectivity index (χ0v) is 13.2. The summed E-state index contributed by atoms with van der Waals surface area (Å²) in [7, 11) is 0. The van der Waals surface area contributed by atoms with Gasteiger partial charge in [-0.15, -0.1) is 0 Å². The molecule has 0 radical (unpaired) electrons. The lowest BCUT2D eigenvalue weighted by Gasteiger charge is -2.34. The Bertz CT molecular complexity index is 233. The molecule has 3 unspecified atom stereocenters. The van der Waals surface area contributed by atoms with E-state index >= 15 is 0 Å². The number of unbranched alkanes of at least 4 members (excludes halogenated alkanes) is 1. The summed E-state index contributed by atoms with van der Waals surface area (Å²) in [4.78, 5) is 10.9. The normalized spacial score (nSPS) is 15.8. The Morgan fingerprint density at radius 3 is 2.16 bits per heavy atom. The number of hydrogen-bond acceptors (Lipinski definition) is 2. The number of amides is 2. The van der Waals surface area contributed by atoms with E-state index in [2.05, 4.69) is 38.3 Å². The van der Waals surface area contributed by atoms with Crippen molar-refractivity contribution in [1.29, 1.82) is 0 Å². The minimum absolute atomic E-state index is 0.421. The molecule has 4 nitrogen and oxygen atoms in total. The van der Waals surface area contributed by atoms with Gasteiger partial charge in [-0.3, -0.25) is 0 Å². The number of carbonyl (C=O) groups excluding carboxylic acids is 1. The van der Waals surface area contributed by atoms with E-state index in [1.807, 2.05) is 0 Å². The molecule has 2 amide bonds. The molecule has 0 aromatic heterocycles. The summed E-state index contributed by atoms with van der Waals surface area (Å²) in [5.41, 5.74) is 5.19. The largest absolute Gasteiger partial charge is 0.352 e. The number of nitrogens with two attached hydrogens (primary N) is 1. The van der Waals surface area contributed by atoms with Crippen molar-refractivity contribution in [2.24, 2.45) is 17.6 Å². The molecule has 0 fully saturated rings. The Kier molecular flexibility index (Phi) is 10.6. The molecule has 0 aliphatic rings. The fourth-order valence-corrected chi connectivity index (χ4v) is 2.81. The summed E-state index contributed by atoms with van der Waals surface area (Å²) < 4.78 is 0. The zero-order valence-electron chi connectivity index (χ0n) is 13.2. The number of rotatable bonds is 11. The molecule has 0 heterocycles. The van der Waals surface area contributed by atoms with Crippen molar-refractivity contribution in [3.63, 3.8) is 0 Å². The Labute approximate surface area is 118 Å². The first-order chi connectivity index (χ1) is 9.10. The monoisotopic (exact) mass is 271 g/mol. The molecular formula is C15H33N3O. The van der Waals surface area contributed by atoms with E-state index in [0.717, 1.165) is 13.0 Å². The molecule has 0 rings (SSSR count). The minimum atomic E-state index is -0.421. The van der Waals surface area contributed by atoms with Gasteiger partial charge in [0, 0.05) is 12.6 Å². The fraction of sp³-hybridized carbons (Fsp3) is 0.933. The number of urea groups is 1. The van der Waals surface area contributed by atoms with Crippen LogP contribution in [0, 0.1) is 11.8 Å². The van der Waals surface area contributed by atoms with Crippen LogP contribution < -0.4 is 16.4 Å². The molecule has 0 aromatic carbocycles.